The smallest absolute Gasteiger partial charge is 0.244 e. The lowest BCUT2D eigenvalue weighted by atomic mass is 9.99. The van der Waals surface area contributed by atoms with Crippen molar-refractivity contribution in [2.75, 3.05) is 32.8 Å². The third-order valence-electron chi connectivity index (χ3n) is 5.23. The lowest BCUT2D eigenvalue weighted by molar-refractivity contribution is 0.171. The van der Waals surface area contributed by atoms with E-state index in [4.69, 9.17) is 9.47 Å². The molecule has 0 spiro atoms. The van der Waals surface area contributed by atoms with Crippen molar-refractivity contribution < 1.29 is 26.3 Å². The van der Waals surface area contributed by atoms with Crippen LogP contribution < -0.4 is 14.2 Å². The van der Waals surface area contributed by atoms with Gasteiger partial charge in [0.15, 0.2) is 11.5 Å². The van der Waals surface area contributed by atoms with E-state index in [0.717, 1.165) is 0 Å². The second kappa shape index (κ2) is 8.50. The second-order valence-corrected chi connectivity index (χ2v) is 10.9. The van der Waals surface area contributed by atoms with E-state index in [1.165, 1.54) is 34.9 Å². The van der Waals surface area contributed by atoms with E-state index in [1.54, 1.807) is 12.1 Å². The Morgan fingerprint density at radius 3 is 2.43 bits per heavy atom. The fraction of sp³-hybridized carbons (Fsp3) is 0.421. The van der Waals surface area contributed by atoms with Crippen LogP contribution >= 0.6 is 0 Å². The van der Waals surface area contributed by atoms with Crippen molar-refractivity contribution in [3.05, 3.63) is 42.7 Å². The van der Waals surface area contributed by atoms with Crippen LogP contribution in [0.15, 0.2) is 52.5 Å². The van der Waals surface area contributed by atoms with Gasteiger partial charge in [-0.3, -0.25) is 4.98 Å². The van der Waals surface area contributed by atoms with Crippen LogP contribution in [0.4, 0.5) is 0 Å². The molecule has 2 aliphatic heterocycles. The molecule has 2 aromatic rings. The summed E-state index contributed by atoms with van der Waals surface area (Å²) < 4.78 is 65.6. The monoisotopic (exact) mass is 453 g/mol. The fourth-order valence-corrected chi connectivity index (χ4v) is 6.07. The molecule has 9 nitrogen and oxygen atoms in total. The zero-order valence-electron chi connectivity index (χ0n) is 16.2. The number of nitrogens with one attached hydrogen (secondary N) is 1. The van der Waals surface area contributed by atoms with Crippen molar-refractivity contribution >= 4 is 20.0 Å². The van der Waals surface area contributed by atoms with Crippen molar-refractivity contribution in [2.24, 2.45) is 5.92 Å². The first-order valence-corrected chi connectivity index (χ1v) is 12.6. The number of piperidine rings is 1. The number of pyridine rings is 1. The highest BCUT2D eigenvalue weighted by Gasteiger charge is 2.30. The van der Waals surface area contributed by atoms with Gasteiger partial charge in [-0.1, -0.05) is 0 Å². The quantitative estimate of drug-likeness (QED) is 0.700. The number of hydrogen-bond acceptors (Lipinski definition) is 7. The average molecular weight is 454 g/mol. The largest absolute Gasteiger partial charge is 0.486 e. The highest BCUT2D eigenvalue weighted by molar-refractivity contribution is 7.89. The minimum Gasteiger partial charge on any atom is -0.486 e. The van der Waals surface area contributed by atoms with Gasteiger partial charge < -0.3 is 9.47 Å². The SMILES string of the molecule is O=S(=O)(NCC1CCN(S(=O)(=O)c2cccnc2)CC1)c1ccc2c(c1)OCCO2. The van der Waals surface area contributed by atoms with Gasteiger partial charge in [0.05, 0.1) is 4.90 Å². The topological polar surface area (TPSA) is 115 Å². The Morgan fingerprint density at radius 2 is 1.73 bits per heavy atom. The molecule has 1 saturated heterocycles. The standard InChI is InChI=1S/C19H23N3O6S2/c23-29(24,16-3-4-18-19(12-16)28-11-10-27-18)21-13-15-5-8-22(9-6-15)30(25,26)17-2-1-7-20-14-17/h1-4,7,12,14-15,21H,5-6,8-11,13H2. The zero-order chi connectivity index (χ0) is 21.2. The van der Waals surface area contributed by atoms with E-state index >= 15 is 0 Å². The molecule has 0 bridgehead atoms. The van der Waals surface area contributed by atoms with Crippen molar-refractivity contribution in [3.63, 3.8) is 0 Å². The van der Waals surface area contributed by atoms with Crippen molar-refractivity contribution in [2.45, 2.75) is 22.6 Å². The number of benzene rings is 1. The third kappa shape index (κ3) is 4.43. The third-order valence-corrected chi connectivity index (χ3v) is 8.54. The molecule has 0 radical (unpaired) electrons. The van der Waals surface area contributed by atoms with Crippen LogP contribution in [0.2, 0.25) is 0 Å². The van der Waals surface area contributed by atoms with Gasteiger partial charge in [0, 0.05) is 38.1 Å². The van der Waals surface area contributed by atoms with Gasteiger partial charge in [-0.25, -0.2) is 21.6 Å². The van der Waals surface area contributed by atoms with Crippen LogP contribution in [0.25, 0.3) is 0 Å². The molecule has 11 heteroatoms. The van der Waals surface area contributed by atoms with Gasteiger partial charge in [-0.15, -0.1) is 0 Å². The molecule has 0 atom stereocenters. The highest BCUT2D eigenvalue weighted by atomic mass is 32.2. The molecule has 3 heterocycles. The predicted octanol–water partition coefficient (Wildman–Crippen LogP) is 1.23. The molecule has 1 fully saturated rings. The first kappa shape index (κ1) is 21.0. The number of fused-ring (bicyclic) bond motifs is 1. The molecule has 0 aliphatic carbocycles. The molecule has 4 rings (SSSR count). The fourth-order valence-electron chi connectivity index (χ4n) is 3.50. The number of ether oxygens (including phenoxy) is 2. The summed E-state index contributed by atoms with van der Waals surface area (Å²) in [5.41, 5.74) is 0. The van der Waals surface area contributed by atoms with Gasteiger partial charge in [0.1, 0.15) is 18.1 Å². The van der Waals surface area contributed by atoms with Gasteiger partial charge in [0.2, 0.25) is 20.0 Å². The maximum Gasteiger partial charge on any atom is 0.244 e. The summed E-state index contributed by atoms with van der Waals surface area (Å²) in [7, 11) is -7.28. The molecule has 0 saturated carbocycles. The lowest BCUT2D eigenvalue weighted by Crippen LogP contribution is -2.41. The molecule has 1 aromatic heterocycles. The molecule has 0 amide bonds. The maximum absolute atomic E-state index is 12.7. The van der Waals surface area contributed by atoms with Crippen LogP contribution in [0.3, 0.4) is 0 Å². The summed E-state index contributed by atoms with van der Waals surface area (Å²) in [4.78, 5) is 4.16. The summed E-state index contributed by atoms with van der Waals surface area (Å²) in [6.45, 7) is 1.75. The Morgan fingerprint density at radius 1 is 1.00 bits per heavy atom. The first-order valence-electron chi connectivity index (χ1n) is 9.66. The molecule has 162 valence electrons. The van der Waals surface area contributed by atoms with Crippen molar-refractivity contribution in [1.29, 1.82) is 0 Å². The second-order valence-electron chi connectivity index (χ2n) is 7.19. The highest BCUT2D eigenvalue weighted by Crippen LogP contribution is 2.32. The number of sulfonamides is 2. The van der Waals surface area contributed by atoms with Crippen molar-refractivity contribution in [1.82, 2.24) is 14.0 Å². The van der Waals surface area contributed by atoms with E-state index in [1.807, 2.05) is 0 Å². The summed E-state index contributed by atoms with van der Waals surface area (Å²) in [6.07, 6.45) is 4.01. The summed E-state index contributed by atoms with van der Waals surface area (Å²) >= 11 is 0. The summed E-state index contributed by atoms with van der Waals surface area (Å²) in [6, 6.07) is 7.64. The van der Waals surface area contributed by atoms with Gasteiger partial charge in [-0.05, 0) is 43.0 Å². The van der Waals surface area contributed by atoms with E-state index in [2.05, 4.69) is 9.71 Å². The van der Waals surface area contributed by atoms with E-state index in [0.29, 0.717) is 50.6 Å². The van der Waals surface area contributed by atoms with Crippen LogP contribution in [0.5, 0.6) is 11.5 Å². The van der Waals surface area contributed by atoms with E-state index < -0.39 is 20.0 Å². The van der Waals surface area contributed by atoms with Crippen LogP contribution in [-0.2, 0) is 20.0 Å². The normalized spacial score (nSPS) is 18.3. The number of nitrogens with zero attached hydrogens (tertiary/aromatic N) is 2. The zero-order valence-corrected chi connectivity index (χ0v) is 17.9. The average Bonchev–Trinajstić information content (AvgIpc) is 2.78. The van der Waals surface area contributed by atoms with Gasteiger partial charge >= 0.3 is 0 Å². The number of aromatic nitrogens is 1. The van der Waals surface area contributed by atoms with Gasteiger partial charge in [-0.2, -0.15) is 4.31 Å². The molecule has 2 aliphatic rings. The van der Waals surface area contributed by atoms with E-state index in [-0.39, 0.29) is 22.3 Å². The minimum absolute atomic E-state index is 0.0531. The van der Waals surface area contributed by atoms with Crippen LogP contribution in [-0.4, -0.2) is 59.0 Å². The van der Waals surface area contributed by atoms with Crippen LogP contribution in [0.1, 0.15) is 12.8 Å². The first-order chi connectivity index (χ1) is 14.4. The maximum atomic E-state index is 12.7. The number of hydrogen-bond donors (Lipinski definition) is 1. The lowest BCUT2D eigenvalue weighted by Gasteiger charge is -2.31. The Labute approximate surface area is 176 Å². The Balaban J connectivity index is 1.34. The number of rotatable bonds is 6. The minimum atomic E-state index is -3.70. The molecular formula is C19H23N3O6S2. The van der Waals surface area contributed by atoms with Gasteiger partial charge in [0.25, 0.3) is 0 Å². The Hall–Kier alpha value is -2.21. The van der Waals surface area contributed by atoms with Crippen molar-refractivity contribution in [3.8, 4) is 11.5 Å². The predicted molar refractivity (Wildman–Crippen MR) is 108 cm³/mol. The van der Waals surface area contributed by atoms with Crippen LogP contribution in [0, 0.1) is 5.92 Å². The summed E-state index contributed by atoms with van der Waals surface area (Å²) in [5.74, 6) is 0.998. The van der Waals surface area contributed by atoms with E-state index in [9.17, 15) is 16.8 Å². The molecule has 0 unspecified atom stereocenters. The Kier molecular flexibility index (Phi) is 5.96. The molecular weight excluding hydrogens is 430 g/mol. The summed E-state index contributed by atoms with van der Waals surface area (Å²) in [5, 5.41) is 0. The molecule has 1 N–H and O–H groups in total. The Bertz CT molecular complexity index is 1100. The molecule has 1 aromatic carbocycles. The molecule has 30 heavy (non-hydrogen) atoms.